The van der Waals surface area contributed by atoms with Crippen LogP contribution in [0.4, 0.5) is 4.79 Å². The first-order valence-corrected chi connectivity index (χ1v) is 10.1. The van der Waals surface area contributed by atoms with Gasteiger partial charge in [-0.1, -0.05) is 60.7 Å². The highest BCUT2D eigenvalue weighted by atomic mass is 16.7. The average molecular weight is 426 g/mol. The zero-order valence-corrected chi connectivity index (χ0v) is 17.5. The van der Waals surface area contributed by atoms with Gasteiger partial charge in [0.05, 0.1) is 7.11 Å². The molecule has 160 valence electrons. The predicted octanol–water partition coefficient (Wildman–Crippen LogP) is 6.79. The Balaban J connectivity index is 1.55. The van der Waals surface area contributed by atoms with Crippen molar-refractivity contribution in [2.45, 2.75) is 6.10 Å². The van der Waals surface area contributed by atoms with E-state index in [1.807, 2.05) is 84.9 Å². The Morgan fingerprint density at radius 1 is 0.594 bits per heavy atom. The molecule has 0 amide bonds. The van der Waals surface area contributed by atoms with Crippen molar-refractivity contribution in [3.8, 4) is 23.0 Å². The maximum absolute atomic E-state index is 12.5. The molecule has 32 heavy (non-hydrogen) atoms. The molecule has 0 saturated carbocycles. The molecular formula is C27H22O5. The summed E-state index contributed by atoms with van der Waals surface area (Å²) in [7, 11) is 1.60. The summed E-state index contributed by atoms with van der Waals surface area (Å²) < 4.78 is 22.1. The van der Waals surface area contributed by atoms with E-state index in [2.05, 4.69) is 0 Å². The van der Waals surface area contributed by atoms with Gasteiger partial charge in [0.15, 0.2) is 6.10 Å². The third kappa shape index (κ3) is 5.46. The summed E-state index contributed by atoms with van der Waals surface area (Å²) in [6.07, 6.45) is -1.45. The van der Waals surface area contributed by atoms with Crippen molar-refractivity contribution < 1.29 is 23.7 Å². The molecule has 0 spiro atoms. The maximum atomic E-state index is 12.5. The number of methoxy groups -OCH3 is 1. The number of benzene rings is 4. The van der Waals surface area contributed by atoms with Crippen LogP contribution in [0.15, 0.2) is 109 Å². The number of rotatable bonds is 7. The van der Waals surface area contributed by atoms with Crippen LogP contribution in [0.5, 0.6) is 23.0 Å². The van der Waals surface area contributed by atoms with Crippen molar-refractivity contribution in [3.05, 3.63) is 120 Å². The first-order valence-electron chi connectivity index (χ1n) is 10.1. The molecule has 0 N–H and O–H groups in total. The number of ether oxygens (including phenoxy) is 4. The molecule has 0 saturated heterocycles. The lowest BCUT2D eigenvalue weighted by atomic mass is 10.0. The Hall–Kier alpha value is -4.25. The summed E-state index contributed by atoms with van der Waals surface area (Å²) in [5.74, 6) is 2.55. The van der Waals surface area contributed by atoms with Crippen molar-refractivity contribution in [2.24, 2.45) is 0 Å². The van der Waals surface area contributed by atoms with Crippen LogP contribution < -0.4 is 14.2 Å². The Bertz CT molecular complexity index is 1120. The summed E-state index contributed by atoms with van der Waals surface area (Å²) >= 11 is 0. The second-order valence-corrected chi connectivity index (χ2v) is 6.92. The highest BCUT2D eigenvalue weighted by Crippen LogP contribution is 2.30. The molecule has 1 unspecified atom stereocenters. The highest BCUT2D eigenvalue weighted by molar-refractivity contribution is 5.64. The minimum atomic E-state index is -0.790. The van der Waals surface area contributed by atoms with Gasteiger partial charge in [-0.3, -0.25) is 0 Å². The van der Waals surface area contributed by atoms with Gasteiger partial charge >= 0.3 is 6.16 Å². The van der Waals surface area contributed by atoms with Gasteiger partial charge in [-0.2, -0.15) is 0 Å². The monoisotopic (exact) mass is 426 g/mol. The SMILES string of the molecule is COc1ccc(C(OC(=O)Oc2ccccc2)c2ccc(Oc3ccccc3)cc2)cc1. The van der Waals surface area contributed by atoms with Crippen LogP contribution in [-0.2, 0) is 4.74 Å². The third-order valence-electron chi connectivity index (χ3n) is 4.74. The molecule has 0 bridgehead atoms. The average Bonchev–Trinajstić information content (AvgIpc) is 2.84. The molecule has 0 aliphatic carbocycles. The quantitative estimate of drug-likeness (QED) is 0.240. The topological polar surface area (TPSA) is 54.0 Å². The fourth-order valence-electron chi connectivity index (χ4n) is 3.15. The van der Waals surface area contributed by atoms with E-state index < -0.39 is 12.3 Å². The summed E-state index contributed by atoms with van der Waals surface area (Å²) in [4.78, 5) is 12.5. The predicted molar refractivity (Wildman–Crippen MR) is 121 cm³/mol. The van der Waals surface area contributed by atoms with Crippen LogP contribution >= 0.6 is 0 Å². The van der Waals surface area contributed by atoms with Gasteiger partial charge in [0.1, 0.15) is 23.0 Å². The van der Waals surface area contributed by atoms with Crippen molar-refractivity contribution in [1.82, 2.24) is 0 Å². The summed E-state index contributed by atoms with van der Waals surface area (Å²) in [5, 5.41) is 0. The summed E-state index contributed by atoms with van der Waals surface area (Å²) in [6, 6.07) is 33.1. The molecular weight excluding hydrogens is 404 g/mol. The zero-order chi connectivity index (χ0) is 22.2. The lowest BCUT2D eigenvalue weighted by Gasteiger charge is -2.19. The molecule has 5 heteroatoms. The van der Waals surface area contributed by atoms with E-state index in [1.165, 1.54) is 0 Å². The number of para-hydroxylation sites is 2. The fourth-order valence-corrected chi connectivity index (χ4v) is 3.15. The molecule has 0 heterocycles. The van der Waals surface area contributed by atoms with E-state index in [-0.39, 0.29) is 0 Å². The molecule has 1 atom stereocenters. The van der Waals surface area contributed by atoms with Crippen molar-refractivity contribution in [1.29, 1.82) is 0 Å². The molecule has 4 rings (SSSR count). The van der Waals surface area contributed by atoms with Gasteiger partial charge in [-0.15, -0.1) is 0 Å². The van der Waals surface area contributed by atoms with Crippen LogP contribution in [-0.4, -0.2) is 13.3 Å². The fraction of sp³-hybridized carbons (Fsp3) is 0.0741. The van der Waals surface area contributed by atoms with Gasteiger partial charge in [0, 0.05) is 0 Å². The minimum Gasteiger partial charge on any atom is -0.497 e. The second-order valence-electron chi connectivity index (χ2n) is 6.92. The van der Waals surface area contributed by atoms with Crippen LogP contribution in [0.25, 0.3) is 0 Å². The Kier molecular flexibility index (Phi) is 6.68. The van der Waals surface area contributed by atoms with Gasteiger partial charge in [0.2, 0.25) is 0 Å². The van der Waals surface area contributed by atoms with Crippen LogP contribution in [0, 0.1) is 0 Å². The summed E-state index contributed by atoms with van der Waals surface area (Å²) in [6.45, 7) is 0. The molecule has 0 fully saturated rings. The first-order chi connectivity index (χ1) is 15.7. The molecule has 0 aliphatic heterocycles. The molecule has 0 aromatic heterocycles. The van der Waals surface area contributed by atoms with E-state index >= 15 is 0 Å². The van der Waals surface area contributed by atoms with E-state index in [0.717, 1.165) is 16.9 Å². The largest absolute Gasteiger partial charge is 0.514 e. The Morgan fingerprint density at radius 3 is 1.59 bits per heavy atom. The Morgan fingerprint density at radius 2 is 1.06 bits per heavy atom. The van der Waals surface area contributed by atoms with Crippen LogP contribution in [0.1, 0.15) is 17.2 Å². The van der Waals surface area contributed by atoms with Crippen LogP contribution in [0.2, 0.25) is 0 Å². The molecule has 4 aromatic rings. The first kappa shape index (κ1) is 21.0. The van der Waals surface area contributed by atoms with Gasteiger partial charge in [-0.05, 0) is 59.7 Å². The molecule has 0 aliphatic rings. The Labute approximate surface area is 186 Å². The standard InChI is InChI=1S/C27H22O5/c1-29-22-16-12-20(13-17-22)26(32-27(28)31-24-10-6-3-7-11-24)21-14-18-25(19-15-21)30-23-8-4-2-5-9-23/h2-19,26H,1H3. The van der Waals surface area contributed by atoms with Crippen molar-refractivity contribution in [2.75, 3.05) is 7.11 Å². The van der Waals surface area contributed by atoms with Crippen molar-refractivity contribution >= 4 is 6.16 Å². The number of carbonyl (C=O) groups excluding carboxylic acids is 1. The minimum absolute atomic E-state index is 0.414. The highest BCUT2D eigenvalue weighted by Gasteiger charge is 2.21. The van der Waals surface area contributed by atoms with E-state index in [1.54, 1.807) is 31.4 Å². The number of hydrogen-bond acceptors (Lipinski definition) is 5. The second kappa shape index (κ2) is 10.2. The van der Waals surface area contributed by atoms with Gasteiger partial charge in [-0.25, -0.2) is 4.79 Å². The molecule has 4 aromatic carbocycles. The lowest BCUT2D eigenvalue weighted by molar-refractivity contribution is 0.0733. The van der Waals surface area contributed by atoms with E-state index in [0.29, 0.717) is 17.2 Å². The van der Waals surface area contributed by atoms with E-state index in [4.69, 9.17) is 18.9 Å². The van der Waals surface area contributed by atoms with Crippen LogP contribution in [0.3, 0.4) is 0 Å². The number of hydrogen-bond donors (Lipinski definition) is 0. The smallest absolute Gasteiger partial charge is 0.497 e. The normalized spacial score (nSPS) is 11.3. The summed E-state index contributed by atoms with van der Waals surface area (Å²) in [5.41, 5.74) is 1.56. The van der Waals surface area contributed by atoms with Gasteiger partial charge in [0.25, 0.3) is 0 Å². The molecule has 0 radical (unpaired) electrons. The third-order valence-corrected chi connectivity index (χ3v) is 4.74. The van der Waals surface area contributed by atoms with E-state index in [9.17, 15) is 4.79 Å². The van der Waals surface area contributed by atoms with Crippen molar-refractivity contribution in [3.63, 3.8) is 0 Å². The number of carbonyl (C=O) groups is 1. The maximum Gasteiger partial charge on any atom is 0.514 e. The van der Waals surface area contributed by atoms with Gasteiger partial charge < -0.3 is 18.9 Å². The lowest BCUT2D eigenvalue weighted by Crippen LogP contribution is -2.16. The molecule has 5 nitrogen and oxygen atoms in total. The zero-order valence-electron chi connectivity index (χ0n) is 17.5.